The number of nitrogens with one attached hydrogen (secondary N) is 1. The predicted octanol–water partition coefficient (Wildman–Crippen LogP) is 2.35. The Balaban J connectivity index is 3.71. The second-order valence-corrected chi connectivity index (χ2v) is 5.86. The number of aliphatic hydroxyl groups is 1. The van der Waals surface area contributed by atoms with Crippen LogP contribution < -0.4 is 5.32 Å². The third-order valence-electron chi connectivity index (χ3n) is 2.96. The lowest BCUT2D eigenvalue weighted by Gasteiger charge is -2.16. The van der Waals surface area contributed by atoms with Gasteiger partial charge in [-0.15, -0.1) is 0 Å². The van der Waals surface area contributed by atoms with Crippen molar-refractivity contribution < 1.29 is 14.7 Å². The molecule has 1 amide bonds. The molecule has 2 N–H and O–H groups in total. The lowest BCUT2D eigenvalue weighted by atomic mass is 10.0. The summed E-state index contributed by atoms with van der Waals surface area (Å²) in [7, 11) is 0. The van der Waals surface area contributed by atoms with Crippen LogP contribution in [0.3, 0.4) is 0 Å². The molecule has 112 valence electrons. The summed E-state index contributed by atoms with van der Waals surface area (Å²) in [6, 6.07) is 0. The molecule has 0 saturated carbocycles. The van der Waals surface area contributed by atoms with Crippen molar-refractivity contribution in [2.75, 3.05) is 12.3 Å². The van der Waals surface area contributed by atoms with Gasteiger partial charge in [-0.1, -0.05) is 45.4 Å². The molecular weight excluding hydrogens is 262 g/mol. The maximum absolute atomic E-state index is 11.8. The number of hydrogen-bond acceptors (Lipinski definition) is 4. The fourth-order valence-electron chi connectivity index (χ4n) is 1.60. The topological polar surface area (TPSA) is 66.4 Å². The van der Waals surface area contributed by atoms with Crippen LogP contribution in [0, 0.1) is 5.92 Å². The average molecular weight is 289 g/mol. The minimum absolute atomic E-state index is 0.00348. The van der Waals surface area contributed by atoms with Crippen LogP contribution in [0.15, 0.2) is 0 Å². The number of carbonyl (C=O) groups is 2. The zero-order chi connectivity index (χ0) is 14.7. The molecule has 0 aliphatic carbocycles. The summed E-state index contributed by atoms with van der Waals surface area (Å²) >= 11 is 1.19. The third-order valence-corrected chi connectivity index (χ3v) is 4.02. The zero-order valence-corrected chi connectivity index (χ0v) is 13.1. The normalized spacial score (nSPS) is 13.9. The van der Waals surface area contributed by atoms with E-state index >= 15 is 0 Å². The highest BCUT2D eigenvalue weighted by atomic mass is 32.2. The van der Waals surface area contributed by atoms with Gasteiger partial charge in [0.2, 0.25) is 5.91 Å². The lowest BCUT2D eigenvalue weighted by molar-refractivity contribution is -0.121. The monoisotopic (exact) mass is 289 g/mol. The van der Waals surface area contributed by atoms with Crippen LogP contribution >= 0.6 is 11.8 Å². The molecule has 0 aromatic rings. The Kier molecular flexibility index (Phi) is 11.0. The van der Waals surface area contributed by atoms with E-state index in [4.69, 9.17) is 0 Å². The van der Waals surface area contributed by atoms with E-state index in [-0.39, 0.29) is 16.9 Å². The number of unbranched alkanes of at least 4 members (excludes halogenated alkanes) is 1. The van der Waals surface area contributed by atoms with Crippen LogP contribution in [0.25, 0.3) is 0 Å². The number of thioether (sulfide) groups is 1. The van der Waals surface area contributed by atoms with Gasteiger partial charge in [0.05, 0.1) is 12.0 Å². The highest BCUT2D eigenvalue weighted by molar-refractivity contribution is 8.13. The highest BCUT2D eigenvalue weighted by Gasteiger charge is 2.21. The minimum atomic E-state index is -0.552. The Hall–Kier alpha value is -0.550. The number of rotatable bonds is 10. The summed E-state index contributed by atoms with van der Waals surface area (Å²) < 4.78 is 0. The van der Waals surface area contributed by atoms with Crippen LogP contribution in [-0.4, -0.2) is 34.5 Å². The van der Waals surface area contributed by atoms with E-state index in [0.717, 1.165) is 19.3 Å². The number of carbonyl (C=O) groups excluding carboxylic acids is 2. The zero-order valence-electron chi connectivity index (χ0n) is 12.3. The van der Waals surface area contributed by atoms with E-state index in [0.29, 0.717) is 25.1 Å². The van der Waals surface area contributed by atoms with Crippen LogP contribution in [-0.2, 0) is 9.59 Å². The summed E-state index contributed by atoms with van der Waals surface area (Å²) in [6.07, 6.45) is 3.44. The van der Waals surface area contributed by atoms with Crippen molar-refractivity contribution >= 4 is 22.8 Å². The fraction of sp³-hybridized carbons (Fsp3) is 0.857. The Bertz CT molecular complexity index is 271. The highest BCUT2D eigenvalue weighted by Crippen LogP contribution is 2.17. The second kappa shape index (κ2) is 11.3. The molecule has 0 heterocycles. The van der Waals surface area contributed by atoms with Crippen molar-refractivity contribution in [2.24, 2.45) is 5.92 Å². The molecule has 19 heavy (non-hydrogen) atoms. The van der Waals surface area contributed by atoms with Crippen molar-refractivity contribution in [3.63, 3.8) is 0 Å². The van der Waals surface area contributed by atoms with Gasteiger partial charge in [-0.25, -0.2) is 0 Å². The van der Waals surface area contributed by atoms with Gasteiger partial charge in [-0.05, 0) is 12.8 Å². The molecule has 0 aliphatic rings. The first-order valence-electron chi connectivity index (χ1n) is 7.14. The average Bonchev–Trinajstić information content (AvgIpc) is 2.40. The molecule has 0 radical (unpaired) electrons. The molecular formula is C14H27NO3S. The van der Waals surface area contributed by atoms with Crippen molar-refractivity contribution in [2.45, 2.75) is 59.0 Å². The van der Waals surface area contributed by atoms with Gasteiger partial charge in [0.15, 0.2) is 5.12 Å². The van der Waals surface area contributed by atoms with Crippen molar-refractivity contribution in [1.29, 1.82) is 0 Å². The number of hydrogen-bond donors (Lipinski definition) is 2. The summed E-state index contributed by atoms with van der Waals surface area (Å²) in [6.45, 7) is 6.30. The molecule has 0 saturated heterocycles. The number of amides is 1. The van der Waals surface area contributed by atoms with Crippen molar-refractivity contribution in [1.82, 2.24) is 5.32 Å². The van der Waals surface area contributed by atoms with Crippen LogP contribution in [0.5, 0.6) is 0 Å². The molecule has 0 aliphatic heterocycles. The van der Waals surface area contributed by atoms with Crippen LogP contribution in [0.4, 0.5) is 0 Å². The molecule has 0 aromatic carbocycles. The van der Waals surface area contributed by atoms with Gasteiger partial charge in [0.1, 0.15) is 0 Å². The molecule has 0 bridgehead atoms. The molecule has 4 nitrogen and oxygen atoms in total. The maximum Gasteiger partial charge on any atom is 0.220 e. The molecule has 2 atom stereocenters. The van der Waals surface area contributed by atoms with Gasteiger partial charge in [0, 0.05) is 18.7 Å². The van der Waals surface area contributed by atoms with Crippen LogP contribution in [0.1, 0.15) is 52.9 Å². The Morgan fingerprint density at radius 3 is 2.53 bits per heavy atom. The second-order valence-electron chi connectivity index (χ2n) is 4.77. The summed E-state index contributed by atoms with van der Waals surface area (Å²) in [5.74, 6) is 0.287. The Morgan fingerprint density at radius 1 is 1.26 bits per heavy atom. The number of aliphatic hydroxyl groups excluding tert-OH is 1. The first-order chi connectivity index (χ1) is 9.02. The minimum Gasteiger partial charge on any atom is -0.392 e. The molecule has 0 spiro atoms. The molecule has 0 aromatic heterocycles. The summed E-state index contributed by atoms with van der Waals surface area (Å²) in [5, 5.41) is 12.5. The van der Waals surface area contributed by atoms with E-state index in [9.17, 15) is 14.7 Å². The van der Waals surface area contributed by atoms with E-state index in [2.05, 4.69) is 5.32 Å². The smallest absolute Gasteiger partial charge is 0.220 e. The van der Waals surface area contributed by atoms with Gasteiger partial charge in [-0.3, -0.25) is 9.59 Å². The molecule has 0 rings (SSSR count). The first-order valence-corrected chi connectivity index (χ1v) is 8.12. The molecule has 5 heteroatoms. The van der Waals surface area contributed by atoms with Gasteiger partial charge in [0.25, 0.3) is 0 Å². The maximum atomic E-state index is 11.8. The van der Waals surface area contributed by atoms with Gasteiger partial charge in [-0.2, -0.15) is 0 Å². The quantitative estimate of drug-likeness (QED) is 0.606. The van der Waals surface area contributed by atoms with Crippen molar-refractivity contribution in [3.05, 3.63) is 0 Å². The van der Waals surface area contributed by atoms with E-state index in [1.807, 2.05) is 13.8 Å². The third kappa shape index (κ3) is 9.05. The fourth-order valence-corrected chi connectivity index (χ4v) is 2.43. The molecule has 0 fully saturated rings. The van der Waals surface area contributed by atoms with E-state index in [1.165, 1.54) is 11.8 Å². The predicted molar refractivity (Wildman–Crippen MR) is 80.1 cm³/mol. The largest absolute Gasteiger partial charge is 0.392 e. The van der Waals surface area contributed by atoms with E-state index < -0.39 is 6.10 Å². The Labute approximate surface area is 120 Å². The van der Waals surface area contributed by atoms with Gasteiger partial charge >= 0.3 is 0 Å². The van der Waals surface area contributed by atoms with Gasteiger partial charge < -0.3 is 10.4 Å². The summed E-state index contributed by atoms with van der Waals surface area (Å²) in [4.78, 5) is 23.1. The van der Waals surface area contributed by atoms with Crippen molar-refractivity contribution in [3.8, 4) is 0 Å². The van der Waals surface area contributed by atoms with Crippen LogP contribution in [0.2, 0.25) is 0 Å². The first kappa shape index (κ1) is 18.4. The lowest BCUT2D eigenvalue weighted by Crippen LogP contribution is -2.27. The SMILES string of the molecule is CCCCC(=O)NCCSC(=O)[C@@H](C)[C@H](O)CCC. The van der Waals surface area contributed by atoms with E-state index in [1.54, 1.807) is 6.92 Å². The summed E-state index contributed by atoms with van der Waals surface area (Å²) in [5.41, 5.74) is 0. The Morgan fingerprint density at radius 2 is 1.95 bits per heavy atom. The standard InChI is InChI=1S/C14H27NO3S/c1-4-6-8-13(17)15-9-10-19-14(18)11(3)12(16)7-5-2/h11-12,16H,4-10H2,1-3H3,(H,15,17)/t11-,12+/m0/s1. The molecule has 0 unspecified atom stereocenters.